The van der Waals surface area contributed by atoms with Crippen LogP contribution < -0.4 is 0 Å². The summed E-state index contributed by atoms with van der Waals surface area (Å²) in [5.74, 6) is -1.56. The second-order valence-electron chi connectivity index (χ2n) is 6.21. The fourth-order valence-electron chi connectivity index (χ4n) is 3.34. The minimum Gasteiger partial charge on any atom is -0.481 e. The summed E-state index contributed by atoms with van der Waals surface area (Å²) >= 11 is 0. The summed E-state index contributed by atoms with van der Waals surface area (Å²) in [7, 11) is -3.63. The van der Waals surface area contributed by atoms with Crippen molar-refractivity contribution in [3.63, 3.8) is 0 Å². The number of carboxylic acid groups (broad SMARTS) is 1. The van der Waals surface area contributed by atoms with Crippen molar-refractivity contribution >= 4 is 31.9 Å². The van der Waals surface area contributed by atoms with Crippen LogP contribution >= 0.6 is 0 Å². The summed E-state index contributed by atoms with van der Waals surface area (Å²) in [6.45, 7) is 1.68. The molecule has 0 fully saturated rings. The molecule has 0 aromatic heterocycles. The van der Waals surface area contributed by atoms with E-state index in [4.69, 9.17) is 0 Å². The molecule has 0 spiro atoms. The summed E-state index contributed by atoms with van der Waals surface area (Å²) in [6.07, 6.45) is 0.811. The summed E-state index contributed by atoms with van der Waals surface area (Å²) in [6, 6.07) is 12.6. The summed E-state index contributed by atoms with van der Waals surface area (Å²) in [5.41, 5.74) is 2.87. The largest absolute Gasteiger partial charge is 0.481 e. The number of halogens is 1. The second-order valence-corrected chi connectivity index (χ2v) is 8.16. The van der Waals surface area contributed by atoms with Gasteiger partial charge in [-0.15, -0.1) is 0 Å². The summed E-state index contributed by atoms with van der Waals surface area (Å²) < 4.78 is 39.0. The van der Waals surface area contributed by atoms with Crippen molar-refractivity contribution in [1.29, 1.82) is 0 Å². The van der Waals surface area contributed by atoms with Crippen LogP contribution in [0.5, 0.6) is 0 Å². The van der Waals surface area contributed by atoms with E-state index in [2.05, 4.69) is 0 Å². The van der Waals surface area contributed by atoms with Gasteiger partial charge in [0.1, 0.15) is 5.82 Å². The molecule has 0 bridgehead atoms. The van der Waals surface area contributed by atoms with E-state index in [0.29, 0.717) is 33.4 Å². The molecular weight excluding hydrogens is 355 g/mol. The average Bonchev–Trinajstić information content (AvgIpc) is 2.80. The molecule has 2 aromatic carbocycles. The molecule has 6 heteroatoms. The first-order chi connectivity index (χ1) is 12.2. The molecule has 0 amide bonds. The number of hydrogen-bond donors (Lipinski definition) is 1. The topological polar surface area (TPSA) is 71.4 Å². The Bertz CT molecular complexity index is 1060. The van der Waals surface area contributed by atoms with E-state index in [0.717, 1.165) is 6.26 Å². The molecule has 4 nitrogen and oxygen atoms in total. The van der Waals surface area contributed by atoms with Crippen molar-refractivity contribution in [1.82, 2.24) is 0 Å². The van der Waals surface area contributed by atoms with Crippen LogP contribution in [0, 0.1) is 5.82 Å². The van der Waals surface area contributed by atoms with Crippen molar-refractivity contribution in [3.8, 4) is 0 Å². The third kappa shape index (κ3) is 3.20. The van der Waals surface area contributed by atoms with E-state index in [1.165, 1.54) is 18.2 Å². The molecule has 0 saturated heterocycles. The molecule has 0 aliphatic heterocycles. The molecule has 0 saturated carbocycles. The highest BCUT2D eigenvalue weighted by atomic mass is 32.2. The third-order valence-electron chi connectivity index (χ3n) is 4.37. The van der Waals surface area contributed by atoms with Crippen LogP contribution in [-0.4, -0.2) is 25.7 Å². The maximum atomic E-state index is 13.8. The van der Waals surface area contributed by atoms with Gasteiger partial charge in [-0.1, -0.05) is 36.4 Å². The number of sulfone groups is 1. The van der Waals surface area contributed by atoms with Crippen molar-refractivity contribution in [2.45, 2.75) is 13.3 Å². The SMILES string of the molecule is CC1=C(CC(=O)O)c2cc(F)ccc2C1=C(c1ccccc1)S(C)(=O)=O. The normalized spacial score (nSPS) is 15.8. The van der Waals surface area contributed by atoms with Gasteiger partial charge in [0.05, 0.1) is 11.3 Å². The first-order valence-corrected chi connectivity index (χ1v) is 9.81. The Morgan fingerprint density at radius 3 is 2.31 bits per heavy atom. The standard InChI is InChI=1S/C20H17FO4S/c1-12-16(11-18(22)23)17-10-14(21)8-9-15(17)19(12)20(26(2,24)25)13-6-4-3-5-7-13/h3-10H,11H2,1-2H3,(H,22,23). The van der Waals surface area contributed by atoms with Crippen molar-refractivity contribution < 1.29 is 22.7 Å². The highest BCUT2D eigenvalue weighted by molar-refractivity contribution is 8.00. The van der Waals surface area contributed by atoms with Gasteiger partial charge in [-0.3, -0.25) is 4.79 Å². The van der Waals surface area contributed by atoms with Gasteiger partial charge in [0.25, 0.3) is 0 Å². The zero-order valence-electron chi connectivity index (χ0n) is 14.3. The average molecular weight is 372 g/mol. The molecule has 0 atom stereocenters. The predicted octanol–water partition coefficient (Wildman–Crippen LogP) is 4.00. The van der Waals surface area contributed by atoms with Crippen molar-refractivity contribution in [2.24, 2.45) is 0 Å². The number of rotatable bonds is 4. The predicted molar refractivity (Wildman–Crippen MR) is 99.3 cm³/mol. The number of aliphatic carboxylic acids is 1. The van der Waals surface area contributed by atoms with Crippen LogP contribution in [0.4, 0.5) is 4.39 Å². The lowest BCUT2D eigenvalue weighted by Crippen LogP contribution is -2.04. The van der Waals surface area contributed by atoms with Crippen molar-refractivity contribution in [2.75, 3.05) is 6.26 Å². The van der Waals surface area contributed by atoms with Crippen LogP contribution in [-0.2, 0) is 14.6 Å². The van der Waals surface area contributed by atoms with E-state index >= 15 is 0 Å². The lowest BCUT2D eigenvalue weighted by Gasteiger charge is -2.13. The molecular formula is C20H17FO4S. The van der Waals surface area contributed by atoms with Gasteiger partial charge in [0.15, 0.2) is 9.84 Å². The number of benzene rings is 2. The van der Waals surface area contributed by atoms with E-state index < -0.39 is 21.6 Å². The quantitative estimate of drug-likeness (QED) is 0.881. The highest BCUT2D eigenvalue weighted by Crippen LogP contribution is 2.47. The molecule has 1 aliphatic rings. The molecule has 0 unspecified atom stereocenters. The van der Waals surface area contributed by atoms with Gasteiger partial charge < -0.3 is 5.11 Å². The van der Waals surface area contributed by atoms with Crippen LogP contribution in [0.2, 0.25) is 0 Å². The highest BCUT2D eigenvalue weighted by Gasteiger charge is 2.31. The summed E-state index contributed by atoms with van der Waals surface area (Å²) in [4.78, 5) is 11.4. The third-order valence-corrected chi connectivity index (χ3v) is 5.55. The van der Waals surface area contributed by atoms with Crippen LogP contribution in [0.25, 0.3) is 16.1 Å². The zero-order valence-corrected chi connectivity index (χ0v) is 15.1. The molecule has 1 aliphatic carbocycles. The molecule has 3 rings (SSSR count). The second kappa shape index (κ2) is 6.53. The summed E-state index contributed by atoms with van der Waals surface area (Å²) in [5, 5.41) is 9.23. The molecule has 0 heterocycles. The van der Waals surface area contributed by atoms with Gasteiger partial charge in [0.2, 0.25) is 0 Å². The Hall–Kier alpha value is -2.73. The van der Waals surface area contributed by atoms with Crippen LogP contribution in [0.1, 0.15) is 30.0 Å². The van der Waals surface area contributed by atoms with Crippen LogP contribution in [0.15, 0.2) is 54.1 Å². The molecule has 2 aromatic rings. The number of carbonyl (C=O) groups is 1. The Kier molecular flexibility index (Phi) is 4.54. The monoisotopic (exact) mass is 372 g/mol. The minimum atomic E-state index is -3.63. The Morgan fingerprint density at radius 1 is 1.08 bits per heavy atom. The fourth-order valence-corrected chi connectivity index (χ4v) is 4.54. The Balaban J connectivity index is 2.43. The van der Waals surface area contributed by atoms with Crippen molar-refractivity contribution in [3.05, 3.63) is 76.6 Å². The maximum absolute atomic E-state index is 13.8. The van der Waals surface area contributed by atoms with E-state index in [1.807, 2.05) is 0 Å². The van der Waals surface area contributed by atoms with Gasteiger partial charge >= 0.3 is 5.97 Å². The lowest BCUT2D eigenvalue weighted by molar-refractivity contribution is -0.135. The molecule has 0 radical (unpaired) electrons. The number of hydrogen-bond acceptors (Lipinski definition) is 3. The number of allylic oxidation sites excluding steroid dienone is 2. The number of fused-ring (bicyclic) bond motifs is 1. The number of carboxylic acids is 1. The zero-order chi connectivity index (χ0) is 19.1. The molecule has 26 heavy (non-hydrogen) atoms. The molecule has 134 valence electrons. The first kappa shape index (κ1) is 18.1. The van der Waals surface area contributed by atoms with Gasteiger partial charge in [-0.05, 0) is 46.9 Å². The van der Waals surface area contributed by atoms with Gasteiger partial charge in [0, 0.05) is 11.8 Å². The lowest BCUT2D eigenvalue weighted by atomic mass is 10.0. The van der Waals surface area contributed by atoms with Crippen LogP contribution in [0.3, 0.4) is 0 Å². The fraction of sp³-hybridized carbons (Fsp3) is 0.150. The van der Waals surface area contributed by atoms with E-state index in [9.17, 15) is 22.7 Å². The molecule has 1 N–H and O–H groups in total. The smallest absolute Gasteiger partial charge is 0.307 e. The Labute approximate surface area is 151 Å². The Morgan fingerprint density at radius 2 is 1.73 bits per heavy atom. The van der Waals surface area contributed by atoms with Gasteiger partial charge in [-0.25, -0.2) is 12.8 Å². The van der Waals surface area contributed by atoms with E-state index in [-0.39, 0.29) is 11.3 Å². The van der Waals surface area contributed by atoms with Gasteiger partial charge in [-0.2, -0.15) is 0 Å². The minimum absolute atomic E-state index is 0.115. The van der Waals surface area contributed by atoms with E-state index in [1.54, 1.807) is 37.3 Å². The maximum Gasteiger partial charge on any atom is 0.307 e. The first-order valence-electron chi connectivity index (χ1n) is 7.92.